The summed E-state index contributed by atoms with van der Waals surface area (Å²) in [5.41, 5.74) is 0. The first kappa shape index (κ1) is 61.7. The molecule has 2 unspecified atom stereocenters. The molecule has 9 heteroatoms. The van der Waals surface area contributed by atoms with Crippen LogP contribution in [0.15, 0.2) is 72.9 Å². The molecule has 0 aromatic carbocycles. The average molecular weight is 912 g/mol. The van der Waals surface area contributed by atoms with Crippen LogP contribution >= 0.6 is 0 Å². The molecule has 0 bridgehead atoms. The smallest absolute Gasteiger partial charge is 0.306 e. The first-order valence-electron chi connectivity index (χ1n) is 26.1. The number of rotatable bonds is 47. The molecular formula is C56H97NO8. The number of quaternary nitrogens is 1. The van der Waals surface area contributed by atoms with E-state index in [0.29, 0.717) is 23.9 Å². The van der Waals surface area contributed by atoms with Crippen LogP contribution in [0.25, 0.3) is 0 Å². The fourth-order valence-electron chi connectivity index (χ4n) is 6.95. The molecule has 9 nitrogen and oxygen atoms in total. The molecule has 2 atom stereocenters. The van der Waals surface area contributed by atoms with Gasteiger partial charge in [0, 0.05) is 12.8 Å². The standard InChI is InChI=1S/C56H97NO8/c1-6-8-10-12-14-16-17-18-19-20-21-22-23-24-25-26-27-28-29-30-31-32-33-34-35-36-37-39-41-43-45-47-54(59)65-52(51-64-56(55(60)61)62-49-48-57(3,4)5)50-63-53(58)46-44-42-40-38-15-13-11-9-7-2/h8,10,14,16,18-19,21-22,24-25,27-28,52,56H,6-7,9,11-13,15,17,20,23,26,29-51H2,1-5H3/b10-8-,16-14-,19-18-,22-21-,25-24-,28-27-. The first-order chi connectivity index (χ1) is 31.6. The number of carbonyl (C=O) groups excluding carboxylic acids is 3. The molecule has 0 saturated heterocycles. The van der Waals surface area contributed by atoms with E-state index >= 15 is 0 Å². The van der Waals surface area contributed by atoms with E-state index in [9.17, 15) is 19.5 Å². The predicted octanol–water partition coefficient (Wildman–Crippen LogP) is 13.3. The Hall–Kier alpha value is -3.27. The Morgan fingerprint density at radius 2 is 0.877 bits per heavy atom. The number of carbonyl (C=O) groups is 3. The molecule has 0 radical (unpaired) electrons. The van der Waals surface area contributed by atoms with Gasteiger partial charge in [-0.05, 0) is 64.2 Å². The SMILES string of the molecule is CC/C=C\C/C=C\C/C=C\C/C=C\C/C=C\C/C=C\CCCCCCCCCCCCCCC(=O)OC(COC(=O)CCCCCCCCCCC)COC(OCC[N+](C)(C)C)C(=O)[O-]. The maximum absolute atomic E-state index is 12.8. The molecule has 0 N–H and O–H groups in total. The molecule has 0 saturated carbocycles. The lowest BCUT2D eigenvalue weighted by molar-refractivity contribution is -0.870. The van der Waals surface area contributed by atoms with Crippen LogP contribution in [0.1, 0.15) is 206 Å². The maximum atomic E-state index is 12.8. The molecule has 0 spiro atoms. The quantitative estimate of drug-likeness (QED) is 0.0195. The zero-order chi connectivity index (χ0) is 47.7. The number of likely N-dealkylation sites (N-methyl/N-ethyl adjacent to an activating group) is 1. The number of hydrogen-bond acceptors (Lipinski definition) is 8. The summed E-state index contributed by atoms with van der Waals surface area (Å²) in [6, 6.07) is 0. The highest BCUT2D eigenvalue weighted by Crippen LogP contribution is 2.15. The van der Waals surface area contributed by atoms with Gasteiger partial charge in [0.25, 0.3) is 0 Å². The highest BCUT2D eigenvalue weighted by atomic mass is 16.7. The summed E-state index contributed by atoms with van der Waals surface area (Å²) in [4.78, 5) is 37.0. The zero-order valence-corrected chi connectivity index (χ0v) is 42.3. The van der Waals surface area contributed by atoms with E-state index in [2.05, 4.69) is 86.8 Å². The van der Waals surface area contributed by atoms with Crippen LogP contribution in [0.5, 0.6) is 0 Å². The zero-order valence-electron chi connectivity index (χ0n) is 42.3. The summed E-state index contributed by atoms with van der Waals surface area (Å²) in [6.45, 7) is 4.60. The molecule has 0 aliphatic carbocycles. The average Bonchev–Trinajstić information content (AvgIpc) is 3.27. The van der Waals surface area contributed by atoms with E-state index < -0.39 is 24.3 Å². The highest BCUT2D eigenvalue weighted by molar-refractivity contribution is 5.70. The summed E-state index contributed by atoms with van der Waals surface area (Å²) in [5.74, 6) is -2.29. The van der Waals surface area contributed by atoms with Crippen molar-refractivity contribution in [2.75, 3.05) is 47.5 Å². The number of carboxylic acid groups (broad SMARTS) is 1. The van der Waals surface area contributed by atoms with Crippen LogP contribution in [-0.2, 0) is 33.3 Å². The van der Waals surface area contributed by atoms with Gasteiger partial charge in [-0.3, -0.25) is 9.59 Å². The van der Waals surface area contributed by atoms with Gasteiger partial charge in [-0.25, -0.2) is 0 Å². The Bertz CT molecular complexity index is 1290. The van der Waals surface area contributed by atoms with E-state index in [1.165, 1.54) is 96.3 Å². The van der Waals surface area contributed by atoms with E-state index in [4.69, 9.17) is 18.9 Å². The number of hydrogen-bond donors (Lipinski definition) is 0. The van der Waals surface area contributed by atoms with Gasteiger partial charge in [0.2, 0.25) is 0 Å². The molecule has 0 rings (SSSR count). The van der Waals surface area contributed by atoms with Crippen LogP contribution in [0.2, 0.25) is 0 Å². The molecule has 374 valence electrons. The lowest BCUT2D eigenvalue weighted by Crippen LogP contribution is -2.44. The van der Waals surface area contributed by atoms with Crippen molar-refractivity contribution in [2.45, 2.75) is 219 Å². The first-order valence-corrected chi connectivity index (χ1v) is 26.1. The number of ether oxygens (including phenoxy) is 4. The summed E-state index contributed by atoms with van der Waals surface area (Å²) in [6.07, 6.45) is 56.7. The van der Waals surface area contributed by atoms with Crippen molar-refractivity contribution >= 4 is 17.9 Å². The fraction of sp³-hybridized carbons (Fsp3) is 0.732. The van der Waals surface area contributed by atoms with Crippen LogP contribution in [0.4, 0.5) is 0 Å². The minimum atomic E-state index is -1.62. The molecule has 0 aliphatic heterocycles. The molecule has 0 aliphatic rings. The second-order valence-electron chi connectivity index (χ2n) is 18.4. The summed E-state index contributed by atoms with van der Waals surface area (Å²) in [7, 11) is 5.91. The van der Waals surface area contributed by atoms with Gasteiger partial charge in [-0.2, -0.15) is 0 Å². The van der Waals surface area contributed by atoms with Crippen molar-refractivity contribution in [2.24, 2.45) is 0 Å². The van der Waals surface area contributed by atoms with Crippen molar-refractivity contribution in [3.05, 3.63) is 72.9 Å². The van der Waals surface area contributed by atoms with Gasteiger partial charge < -0.3 is 33.3 Å². The number of unbranched alkanes of at least 4 members (excludes halogenated alkanes) is 20. The van der Waals surface area contributed by atoms with E-state index in [1.54, 1.807) is 0 Å². The van der Waals surface area contributed by atoms with Gasteiger partial charge in [0.15, 0.2) is 12.4 Å². The number of aliphatic carboxylic acids is 1. The van der Waals surface area contributed by atoms with E-state index in [0.717, 1.165) is 77.0 Å². The van der Waals surface area contributed by atoms with Gasteiger partial charge in [0.1, 0.15) is 13.2 Å². The third kappa shape index (κ3) is 48.5. The highest BCUT2D eigenvalue weighted by Gasteiger charge is 2.22. The largest absolute Gasteiger partial charge is 0.545 e. The van der Waals surface area contributed by atoms with Crippen LogP contribution in [0, 0.1) is 0 Å². The van der Waals surface area contributed by atoms with Crippen LogP contribution in [-0.4, -0.2) is 82.3 Å². The number of allylic oxidation sites excluding steroid dienone is 12. The van der Waals surface area contributed by atoms with Gasteiger partial charge in [0.05, 0.1) is 40.3 Å². The van der Waals surface area contributed by atoms with Crippen molar-refractivity contribution in [3.63, 3.8) is 0 Å². The lowest BCUT2D eigenvalue weighted by Gasteiger charge is -2.26. The van der Waals surface area contributed by atoms with Crippen molar-refractivity contribution in [3.8, 4) is 0 Å². The molecule has 0 heterocycles. The van der Waals surface area contributed by atoms with Gasteiger partial charge in [-0.1, -0.05) is 202 Å². The maximum Gasteiger partial charge on any atom is 0.306 e. The molecule has 65 heavy (non-hydrogen) atoms. The molecule has 0 amide bonds. The number of nitrogens with zero attached hydrogens (tertiary/aromatic N) is 1. The monoisotopic (exact) mass is 912 g/mol. The molecule has 0 aromatic heterocycles. The summed E-state index contributed by atoms with van der Waals surface area (Å²) >= 11 is 0. The third-order valence-corrected chi connectivity index (χ3v) is 11.0. The lowest BCUT2D eigenvalue weighted by atomic mass is 10.0. The summed E-state index contributed by atoms with van der Waals surface area (Å²) < 4.78 is 22.6. The Kier molecular flexibility index (Phi) is 44.9. The number of carboxylic acids is 1. The van der Waals surface area contributed by atoms with E-state index in [-0.39, 0.29) is 32.2 Å². The normalized spacial score (nSPS) is 13.4. The predicted molar refractivity (Wildman–Crippen MR) is 269 cm³/mol. The minimum Gasteiger partial charge on any atom is -0.545 e. The van der Waals surface area contributed by atoms with Crippen molar-refractivity contribution in [1.82, 2.24) is 0 Å². The second kappa shape index (κ2) is 47.2. The topological polar surface area (TPSA) is 111 Å². The Morgan fingerprint density at radius 1 is 0.477 bits per heavy atom. The van der Waals surface area contributed by atoms with Crippen LogP contribution < -0.4 is 5.11 Å². The minimum absolute atomic E-state index is 0.146. The van der Waals surface area contributed by atoms with E-state index in [1.807, 2.05) is 21.1 Å². The summed E-state index contributed by atoms with van der Waals surface area (Å²) in [5, 5.41) is 11.7. The second-order valence-corrected chi connectivity index (χ2v) is 18.4. The Labute approximate surface area is 398 Å². The number of esters is 2. The Balaban J connectivity index is 4.14. The molecule has 0 aromatic rings. The van der Waals surface area contributed by atoms with Crippen molar-refractivity contribution in [1.29, 1.82) is 0 Å². The molecule has 0 fully saturated rings. The van der Waals surface area contributed by atoms with Crippen molar-refractivity contribution < 1.29 is 42.9 Å². The third-order valence-electron chi connectivity index (χ3n) is 11.0. The van der Waals surface area contributed by atoms with Crippen LogP contribution in [0.3, 0.4) is 0 Å². The van der Waals surface area contributed by atoms with Gasteiger partial charge >= 0.3 is 11.9 Å². The Morgan fingerprint density at radius 3 is 1.31 bits per heavy atom. The molecular weight excluding hydrogens is 815 g/mol. The fourth-order valence-corrected chi connectivity index (χ4v) is 6.95. The van der Waals surface area contributed by atoms with Gasteiger partial charge in [-0.15, -0.1) is 0 Å².